The van der Waals surface area contributed by atoms with Gasteiger partial charge >= 0.3 is 0 Å². The Hall–Kier alpha value is -1.03. The maximum atomic E-state index is 5.42. The van der Waals surface area contributed by atoms with Crippen LogP contribution in [0, 0.1) is 0 Å². The standard InChI is InChI=1S/C10H17N3O/c11-10-12-9(8-14-10)7-13-5-3-1-2-4-6-13/h8H,1-7H2,(H2,11,12). The maximum Gasteiger partial charge on any atom is 0.292 e. The summed E-state index contributed by atoms with van der Waals surface area (Å²) in [4.78, 5) is 6.53. The third-order valence-corrected chi connectivity index (χ3v) is 2.65. The number of nitrogens with zero attached hydrogens (tertiary/aromatic N) is 2. The van der Waals surface area contributed by atoms with Gasteiger partial charge in [0.05, 0.1) is 5.69 Å². The van der Waals surface area contributed by atoms with Crippen LogP contribution in [0.3, 0.4) is 0 Å². The van der Waals surface area contributed by atoms with Crippen molar-refractivity contribution in [1.82, 2.24) is 9.88 Å². The third kappa shape index (κ3) is 2.48. The van der Waals surface area contributed by atoms with E-state index in [1.54, 1.807) is 6.26 Å². The SMILES string of the molecule is Nc1nc(CN2CCCCCC2)co1. The minimum atomic E-state index is 0.273. The Bertz CT molecular complexity index is 277. The van der Waals surface area contributed by atoms with E-state index in [9.17, 15) is 0 Å². The molecule has 4 heteroatoms. The predicted octanol–water partition coefficient (Wildman–Crippen LogP) is 1.63. The van der Waals surface area contributed by atoms with Gasteiger partial charge in [-0.25, -0.2) is 0 Å². The first-order valence-electron chi connectivity index (χ1n) is 5.27. The quantitative estimate of drug-likeness (QED) is 0.779. The number of rotatable bonds is 2. The first kappa shape index (κ1) is 9.52. The molecule has 14 heavy (non-hydrogen) atoms. The maximum absolute atomic E-state index is 5.42. The summed E-state index contributed by atoms with van der Waals surface area (Å²) in [5, 5.41) is 0. The number of aromatic nitrogens is 1. The van der Waals surface area contributed by atoms with Gasteiger partial charge in [-0.15, -0.1) is 0 Å². The van der Waals surface area contributed by atoms with E-state index in [4.69, 9.17) is 10.2 Å². The minimum Gasteiger partial charge on any atom is -0.432 e. The van der Waals surface area contributed by atoms with Gasteiger partial charge in [0.1, 0.15) is 6.26 Å². The first-order chi connectivity index (χ1) is 6.84. The van der Waals surface area contributed by atoms with Crippen molar-refractivity contribution < 1.29 is 4.42 Å². The van der Waals surface area contributed by atoms with Gasteiger partial charge in [0.25, 0.3) is 6.01 Å². The fraction of sp³-hybridized carbons (Fsp3) is 0.700. The van der Waals surface area contributed by atoms with Crippen LogP contribution in [0.2, 0.25) is 0 Å². The molecule has 0 aromatic carbocycles. The smallest absolute Gasteiger partial charge is 0.292 e. The second kappa shape index (κ2) is 4.46. The fourth-order valence-electron chi connectivity index (χ4n) is 1.92. The number of nitrogens with two attached hydrogens (primary N) is 1. The highest BCUT2D eigenvalue weighted by molar-refractivity contribution is 5.12. The van der Waals surface area contributed by atoms with E-state index < -0.39 is 0 Å². The van der Waals surface area contributed by atoms with Gasteiger partial charge in [-0.05, 0) is 25.9 Å². The summed E-state index contributed by atoms with van der Waals surface area (Å²) < 4.78 is 4.98. The minimum absolute atomic E-state index is 0.273. The van der Waals surface area contributed by atoms with E-state index in [1.165, 1.54) is 38.8 Å². The molecule has 0 aliphatic carbocycles. The molecular weight excluding hydrogens is 178 g/mol. The van der Waals surface area contributed by atoms with Crippen molar-refractivity contribution >= 4 is 6.01 Å². The fourth-order valence-corrected chi connectivity index (χ4v) is 1.92. The zero-order valence-electron chi connectivity index (χ0n) is 8.41. The summed E-state index contributed by atoms with van der Waals surface area (Å²) >= 11 is 0. The Morgan fingerprint density at radius 1 is 1.29 bits per heavy atom. The van der Waals surface area contributed by atoms with E-state index in [2.05, 4.69) is 9.88 Å². The molecule has 1 fully saturated rings. The van der Waals surface area contributed by atoms with Crippen LogP contribution in [-0.4, -0.2) is 23.0 Å². The zero-order valence-corrected chi connectivity index (χ0v) is 8.41. The molecule has 78 valence electrons. The lowest BCUT2D eigenvalue weighted by molar-refractivity contribution is 0.273. The molecule has 0 spiro atoms. The van der Waals surface area contributed by atoms with Gasteiger partial charge in [0.15, 0.2) is 0 Å². The lowest BCUT2D eigenvalue weighted by atomic mass is 10.2. The summed E-state index contributed by atoms with van der Waals surface area (Å²) in [6.07, 6.45) is 6.97. The Balaban J connectivity index is 1.89. The Morgan fingerprint density at radius 3 is 2.57 bits per heavy atom. The van der Waals surface area contributed by atoms with Crippen LogP contribution in [0.1, 0.15) is 31.4 Å². The summed E-state index contributed by atoms with van der Waals surface area (Å²) in [6.45, 7) is 3.22. The molecule has 2 heterocycles. The molecule has 1 aromatic heterocycles. The molecular formula is C10H17N3O. The van der Waals surface area contributed by atoms with Crippen molar-refractivity contribution in [3.05, 3.63) is 12.0 Å². The van der Waals surface area contributed by atoms with Crippen LogP contribution >= 0.6 is 0 Å². The van der Waals surface area contributed by atoms with E-state index >= 15 is 0 Å². The largest absolute Gasteiger partial charge is 0.432 e. The monoisotopic (exact) mass is 195 g/mol. The molecule has 0 bridgehead atoms. The number of likely N-dealkylation sites (tertiary alicyclic amines) is 1. The lowest BCUT2D eigenvalue weighted by Crippen LogP contribution is -2.24. The van der Waals surface area contributed by atoms with Crippen LogP contribution in [0.4, 0.5) is 6.01 Å². The van der Waals surface area contributed by atoms with E-state index in [0.29, 0.717) is 0 Å². The molecule has 1 saturated heterocycles. The van der Waals surface area contributed by atoms with Crippen LogP contribution in [0.25, 0.3) is 0 Å². The molecule has 1 aliphatic rings. The number of hydrogen-bond acceptors (Lipinski definition) is 4. The lowest BCUT2D eigenvalue weighted by Gasteiger charge is -2.17. The average molecular weight is 195 g/mol. The molecule has 1 aromatic rings. The van der Waals surface area contributed by atoms with Gasteiger partial charge in [-0.3, -0.25) is 4.90 Å². The van der Waals surface area contributed by atoms with Gasteiger partial charge < -0.3 is 10.2 Å². The van der Waals surface area contributed by atoms with E-state index in [0.717, 1.165) is 12.2 Å². The molecule has 0 unspecified atom stereocenters. The normalized spacial score (nSPS) is 19.4. The number of hydrogen-bond donors (Lipinski definition) is 1. The van der Waals surface area contributed by atoms with E-state index in [1.807, 2.05) is 0 Å². The molecule has 0 radical (unpaired) electrons. The second-order valence-corrected chi connectivity index (χ2v) is 3.87. The summed E-state index contributed by atoms with van der Waals surface area (Å²) in [5.74, 6) is 0. The van der Waals surface area contributed by atoms with Gasteiger partial charge in [-0.1, -0.05) is 12.8 Å². The molecule has 4 nitrogen and oxygen atoms in total. The van der Waals surface area contributed by atoms with Crippen molar-refractivity contribution in [2.24, 2.45) is 0 Å². The number of anilines is 1. The van der Waals surface area contributed by atoms with E-state index in [-0.39, 0.29) is 6.01 Å². The van der Waals surface area contributed by atoms with Gasteiger partial charge in [-0.2, -0.15) is 4.98 Å². The Labute approximate surface area is 84.1 Å². The van der Waals surface area contributed by atoms with Crippen LogP contribution in [0.15, 0.2) is 10.7 Å². The average Bonchev–Trinajstić information content (AvgIpc) is 2.43. The third-order valence-electron chi connectivity index (χ3n) is 2.65. The summed E-state index contributed by atoms with van der Waals surface area (Å²) in [6, 6.07) is 0.273. The van der Waals surface area contributed by atoms with Crippen molar-refractivity contribution in [1.29, 1.82) is 0 Å². The molecule has 0 amide bonds. The van der Waals surface area contributed by atoms with Crippen molar-refractivity contribution in [2.45, 2.75) is 32.2 Å². The van der Waals surface area contributed by atoms with Gasteiger partial charge in [0.2, 0.25) is 0 Å². The predicted molar refractivity (Wildman–Crippen MR) is 54.7 cm³/mol. The number of oxazole rings is 1. The van der Waals surface area contributed by atoms with Crippen molar-refractivity contribution in [2.75, 3.05) is 18.8 Å². The van der Waals surface area contributed by atoms with Gasteiger partial charge in [0, 0.05) is 6.54 Å². The molecule has 2 rings (SSSR count). The summed E-state index contributed by atoms with van der Waals surface area (Å²) in [5.41, 5.74) is 6.37. The highest BCUT2D eigenvalue weighted by atomic mass is 16.4. The number of nitrogen functional groups attached to an aromatic ring is 1. The highest BCUT2D eigenvalue weighted by Crippen LogP contribution is 2.13. The molecule has 0 atom stereocenters. The van der Waals surface area contributed by atoms with Crippen molar-refractivity contribution in [3.63, 3.8) is 0 Å². The Morgan fingerprint density at radius 2 is 2.00 bits per heavy atom. The molecule has 1 aliphatic heterocycles. The second-order valence-electron chi connectivity index (χ2n) is 3.87. The summed E-state index contributed by atoms with van der Waals surface area (Å²) in [7, 11) is 0. The van der Waals surface area contributed by atoms with Crippen molar-refractivity contribution in [3.8, 4) is 0 Å². The van der Waals surface area contributed by atoms with Crippen LogP contribution in [-0.2, 0) is 6.54 Å². The highest BCUT2D eigenvalue weighted by Gasteiger charge is 2.11. The molecule has 0 saturated carbocycles. The van der Waals surface area contributed by atoms with Crippen LogP contribution < -0.4 is 5.73 Å². The zero-order chi connectivity index (χ0) is 9.80. The Kier molecular flexibility index (Phi) is 3.03. The first-order valence-corrected chi connectivity index (χ1v) is 5.27. The topological polar surface area (TPSA) is 55.3 Å². The van der Waals surface area contributed by atoms with Crippen LogP contribution in [0.5, 0.6) is 0 Å². The molecule has 2 N–H and O–H groups in total.